The number of Topliss-reactive ketones (excluding diaryl/α,β-unsaturated/α-hetero) is 1. The zero-order valence-electron chi connectivity index (χ0n) is 20.8. The van der Waals surface area contributed by atoms with Crippen LogP contribution in [0.25, 0.3) is 0 Å². The van der Waals surface area contributed by atoms with Crippen molar-refractivity contribution >= 4 is 40.0 Å². The second-order valence-electron chi connectivity index (χ2n) is 9.53. The van der Waals surface area contributed by atoms with E-state index in [0.717, 1.165) is 32.9 Å². The Morgan fingerprint density at radius 2 is 1.31 bits per heavy atom. The summed E-state index contributed by atoms with van der Waals surface area (Å²) in [6, 6.07) is 31.3. The van der Waals surface area contributed by atoms with Crippen LogP contribution < -0.4 is 0 Å². The minimum atomic E-state index is -0.249. The van der Waals surface area contributed by atoms with Crippen molar-refractivity contribution < 1.29 is 13.6 Å². The molecule has 2 unspecified atom stereocenters. The van der Waals surface area contributed by atoms with E-state index < -0.39 is 0 Å². The normalized spacial score (nSPS) is 20.5. The number of hydrogen-bond donors (Lipinski definition) is 0. The Bertz CT molecular complexity index is 1510. The van der Waals surface area contributed by atoms with Crippen LogP contribution in [0.5, 0.6) is 0 Å². The lowest BCUT2D eigenvalue weighted by Gasteiger charge is -2.16. The van der Waals surface area contributed by atoms with Crippen LogP contribution in [0.3, 0.4) is 0 Å². The smallest absolute Gasteiger partial charge is 0.201 e. The number of rotatable bonds is 7. The van der Waals surface area contributed by atoms with Gasteiger partial charge in [-0.05, 0) is 67.4 Å². The van der Waals surface area contributed by atoms with Gasteiger partial charge in [0.15, 0.2) is 10.7 Å². The van der Waals surface area contributed by atoms with E-state index in [2.05, 4.69) is 24.3 Å². The van der Waals surface area contributed by atoms with Crippen LogP contribution in [0, 0.1) is 11.6 Å². The minimum absolute atomic E-state index is 0.0268. The van der Waals surface area contributed by atoms with Gasteiger partial charge in [0.25, 0.3) is 0 Å². The summed E-state index contributed by atoms with van der Waals surface area (Å²) in [6.07, 6.45) is 3.19. The second kappa shape index (κ2) is 11.2. The molecule has 1 nitrogen and oxygen atoms in total. The lowest BCUT2D eigenvalue weighted by Crippen LogP contribution is -2.07. The number of halogens is 3. The van der Waals surface area contributed by atoms with Crippen molar-refractivity contribution in [1.29, 1.82) is 0 Å². The summed E-state index contributed by atoms with van der Waals surface area (Å²) < 4.78 is 27.2. The third-order valence-corrected chi connectivity index (χ3v) is 11.3. The fourth-order valence-electron chi connectivity index (χ4n) is 4.98. The molecular weight excluding hydrogens is 550 g/mol. The molecule has 0 spiro atoms. The monoisotopic (exact) mass is 573 g/mol. The van der Waals surface area contributed by atoms with Gasteiger partial charge in [0.2, 0.25) is 10.5 Å². The van der Waals surface area contributed by atoms with Gasteiger partial charge in [0.05, 0.1) is 15.9 Å². The molecule has 0 radical (unpaired) electrons. The number of benzene rings is 4. The van der Waals surface area contributed by atoms with Crippen molar-refractivity contribution in [3.8, 4) is 0 Å². The Kier molecular flexibility index (Phi) is 7.48. The van der Waals surface area contributed by atoms with Gasteiger partial charge in [-0.15, -0.1) is 0 Å². The third kappa shape index (κ3) is 5.62. The van der Waals surface area contributed by atoms with Crippen LogP contribution in [0.4, 0.5) is 8.78 Å². The zero-order valence-corrected chi connectivity index (χ0v) is 23.2. The van der Waals surface area contributed by atoms with Crippen molar-refractivity contribution in [2.75, 3.05) is 0 Å². The molecule has 6 heteroatoms. The number of carbonyl (C=O) groups excluding carboxylic acids is 1. The summed E-state index contributed by atoms with van der Waals surface area (Å²) in [5, 5.41) is 1.08. The zero-order chi connectivity index (χ0) is 26.9. The lowest BCUT2D eigenvalue weighted by atomic mass is 9.96. The molecule has 0 amide bonds. The molecule has 194 valence electrons. The molecular formula is C33H24ClF2OS2+. The predicted molar refractivity (Wildman–Crippen MR) is 157 cm³/mol. The summed E-state index contributed by atoms with van der Waals surface area (Å²) in [5.41, 5.74) is 3.61. The average molecular weight is 574 g/mol. The summed E-state index contributed by atoms with van der Waals surface area (Å²) in [7, 11) is -0.109. The predicted octanol–water partition coefficient (Wildman–Crippen LogP) is 9.58. The molecule has 4 aromatic carbocycles. The van der Waals surface area contributed by atoms with E-state index in [0.29, 0.717) is 17.0 Å². The molecule has 39 heavy (non-hydrogen) atoms. The molecule has 1 aliphatic carbocycles. The van der Waals surface area contributed by atoms with E-state index in [1.807, 2.05) is 60.7 Å². The molecule has 0 N–H and O–H groups in total. The molecule has 1 aliphatic heterocycles. The van der Waals surface area contributed by atoms with Crippen molar-refractivity contribution in [3.05, 3.63) is 153 Å². The maximum absolute atomic E-state index is 13.6. The molecule has 0 aromatic heterocycles. The van der Waals surface area contributed by atoms with Gasteiger partial charge in [-0.1, -0.05) is 78.0 Å². The summed E-state index contributed by atoms with van der Waals surface area (Å²) >= 11 is 8.26. The van der Waals surface area contributed by atoms with Gasteiger partial charge in [-0.2, -0.15) is 0 Å². The molecule has 1 fully saturated rings. The minimum Gasteiger partial charge on any atom is -0.289 e. The highest BCUT2D eigenvalue weighted by Crippen LogP contribution is 2.63. The first-order chi connectivity index (χ1) is 19.0. The molecule has 2 aliphatic rings. The first-order valence-corrected chi connectivity index (χ1v) is 15.2. The molecule has 1 heterocycles. The number of hydrogen-bond acceptors (Lipinski definition) is 2. The summed E-state index contributed by atoms with van der Waals surface area (Å²) in [4.78, 5) is 16.2. The quantitative estimate of drug-likeness (QED) is 0.124. The first-order valence-electron chi connectivity index (χ1n) is 12.7. The standard InChI is InChI=1S/C33H24ClF2OS2/c34-29-20-24(31(37)21-4-2-1-3-5-21)10-19-30(29)38-27-15-17-28(18-16-27)39-32(22-6-11-25(35)12-7-22)33(39)23-8-13-26(36)14-9-23/h1-9,11-18,20,32-33H,10,19H2/q+1. The van der Waals surface area contributed by atoms with Crippen LogP contribution in [-0.2, 0) is 10.9 Å². The van der Waals surface area contributed by atoms with E-state index in [1.165, 1.54) is 29.2 Å². The van der Waals surface area contributed by atoms with Crippen LogP contribution in [0.15, 0.2) is 135 Å². The van der Waals surface area contributed by atoms with Gasteiger partial charge in [0.1, 0.15) is 11.6 Å². The van der Waals surface area contributed by atoms with E-state index >= 15 is 0 Å². The molecule has 4 aromatic rings. The van der Waals surface area contributed by atoms with Crippen LogP contribution in [-0.4, -0.2) is 5.78 Å². The van der Waals surface area contributed by atoms with E-state index in [9.17, 15) is 13.6 Å². The Labute approximate surface area is 239 Å². The SMILES string of the molecule is O=C(C1=CC(Cl)=C(Sc2ccc([S+]3C(c4ccc(F)cc4)C3c3ccc(F)cc3)cc2)CC1)c1ccccc1. The topological polar surface area (TPSA) is 17.1 Å². The number of ketones is 1. The van der Waals surface area contributed by atoms with E-state index in [4.69, 9.17) is 11.6 Å². The van der Waals surface area contributed by atoms with Crippen molar-refractivity contribution in [2.24, 2.45) is 0 Å². The van der Waals surface area contributed by atoms with Crippen LogP contribution >= 0.6 is 23.4 Å². The highest BCUT2D eigenvalue weighted by Gasteiger charge is 2.65. The fourth-order valence-corrected chi connectivity index (χ4v) is 9.08. The van der Waals surface area contributed by atoms with Crippen LogP contribution in [0.1, 0.15) is 44.8 Å². The first kappa shape index (κ1) is 26.1. The summed E-state index contributed by atoms with van der Waals surface area (Å²) in [6.45, 7) is 0. The lowest BCUT2D eigenvalue weighted by molar-refractivity contribution is 0.103. The van der Waals surface area contributed by atoms with Gasteiger partial charge >= 0.3 is 0 Å². The van der Waals surface area contributed by atoms with E-state index in [-0.39, 0.29) is 38.8 Å². The van der Waals surface area contributed by atoms with Crippen LogP contribution in [0.2, 0.25) is 0 Å². The maximum Gasteiger partial charge on any atom is 0.201 e. The third-order valence-electron chi connectivity index (χ3n) is 7.00. The number of carbonyl (C=O) groups is 1. The molecule has 2 atom stereocenters. The second-order valence-corrected chi connectivity index (χ2v) is 13.3. The van der Waals surface area contributed by atoms with Crippen molar-refractivity contribution in [2.45, 2.75) is 33.1 Å². The largest absolute Gasteiger partial charge is 0.289 e. The van der Waals surface area contributed by atoms with Gasteiger partial charge in [-0.25, -0.2) is 8.78 Å². The Morgan fingerprint density at radius 3 is 1.85 bits per heavy atom. The van der Waals surface area contributed by atoms with Gasteiger partial charge in [0, 0.05) is 32.1 Å². The van der Waals surface area contributed by atoms with Gasteiger partial charge < -0.3 is 0 Å². The molecule has 6 rings (SSSR count). The molecule has 0 saturated carbocycles. The average Bonchev–Trinajstić information content (AvgIpc) is 3.71. The van der Waals surface area contributed by atoms with E-state index in [1.54, 1.807) is 11.8 Å². The number of allylic oxidation sites excluding steroid dienone is 4. The fraction of sp³-hybridized carbons (Fsp3) is 0.121. The summed E-state index contributed by atoms with van der Waals surface area (Å²) in [5.74, 6) is -0.471. The molecule has 0 bridgehead atoms. The maximum atomic E-state index is 13.6. The Morgan fingerprint density at radius 1 is 0.744 bits per heavy atom. The highest BCUT2D eigenvalue weighted by molar-refractivity contribution is 8.04. The highest BCUT2D eigenvalue weighted by atomic mass is 35.5. The van der Waals surface area contributed by atoms with Crippen molar-refractivity contribution in [3.63, 3.8) is 0 Å². The van der Waals surface area contributed by atoms with Gasteiger partial charge in [-0.3, -0.25) is 4.79 Å². The Balaban J connectivity index is 1.20. The molecule has 1 saturated heterocycles. The van der Waals surface area contributed by atoms with Crippen molar-refractivity contribution in [1.82, 2.24) is 0 Å². The number of thioether (sulfide) groups is 1. The Hall–Kier alpha value is -3.12.